The van der Waals surface area contributed by atoms with E-state index in [1.165, 1.54) is 18.4 Å². The maximum atomic E-state index is 12.8. The lowest BCUT2D eigenvalue weighted by Crippen LogP contribution is -2.37. The molecule has 0 aromatic carbocycles. The Labute approximate surface area is 157 Å². The summed E-state index contributed by atoms with van der Waals surface area (Å²) in [7, 11) is 0. The fourth-order valence-electron chi connectivity index (χ4n) is 5.16. The number of hydrogen-bond donors (Lipinski definition) is 0. The van der Waals surface area contributed by atoms with Crippen LogP contribution in [0, 0.1) is 23.2 Å². The molecule has 0 saturated heterocycles. The van der Waals surface area contributed by atoms with Crippen LogP contribution < -0.4 is 0 Å². The fraction of sp³-hybridized carbons (Fsp3) is 0.818. The minimum Gasteiger partial charge on any atom is -0.468 e. The number of esters is 1. The van der Waals surface area contributed by atoms with E-state index in [1.54, 1.807) is 0 Å². The smallest absolute Gasteiger partial charge is 0.312 e. The van der Waals surface area contributed by atoms with Gasteiger partial charge in [-0.2, -0.15) is 0 Å². The van der Waals surface area contributed by atoms with Crippen LogP contribution in [0.4, 0.5) is 0 Å². The van der Waals surface area contributed by atoms with Crippen molar-refractivity contribution in [1.82, 2.24) is 0 Å². The highest BCUT2D eigenvalue weighted by Gasteiger charge is 2.51. The molecule has 0 spiro atoms. The van der Waals surface area contributed by atoms with Crippen molar-refractivity contribution in [2.45, 2.75) is 84.2 Å². The molecule has 3 rings (SSSR count). The van der Waals surface area contributed by atoms with E-state index in [9.17, 15) is 9.59 Å². The van der Waals surface area contributed by atoms with Crippen LogP contribution in [0.15, 0.2) is 11.6 Å². The first-order valence-corrected chi connectivity index (χ1v) is 10.4. The summed E-state index contributed by atoms with van der Waals surface area (Å²) >= 11 is 0. The zero-order valence-corrected chi connectivity index (χ0v) is 16.6. The van der Waals surface area contributed by atoms with Crippen molar-refractivity contribution in [2.24, 2.45) is 23.2 Å². The lowest BCUT2D eigenvalue weighted by Gasteiger charge is -2.33. The van der Waals surface area contributed by atoms with Gasteiger partial charge in [0.25, 0.3) is 6.47 Å². The van der Waals surface area contributed by atoms with Crippen molar-refractivity contribution in [1.29, 1.82) is 0 Å². The molecule has 4 nitrogen and oxygen atoms in total. The van der Waals surface area contributed by atoms with Crippen LogP contribution in [0.25, 0.3) is 0 Å². The van der Waals surface area contributed by atoms with E-state index in [0.717, 1.165) is 44.9 Å². The molecule has 0 aromatic rings. The maximum absolute atomic E-state index is 12.8. The largest absolute Gasteiger partial charge is 0.468 e. The van der Waals surface area contributed by atoms with Crippen LogP contribution >= 0.6 is 0 Å². The first-order valence-electron chi connectivity index (χ1n) is 10.4. The van der Waals surface area contributed by atoms with Crippen molar-refractivity contribution in [2.75, 3.05) is 6.61 Å². The van der Waals surface area contributed by atoms with Gasteiger partial charge >= 0.3 is 5.97 Å². The van der Waals surface area contributed by atoms with E-state index in [4.69, 9.17) is 9.47 Å². The van der Waals surface area contributed by atoms with E-state index in [-0.39, 0.29) is 5.97 Å². The van der Waals surface area contributed by atoms with Gasteiger partial charge in [0.2, 0.25) is 0 Å². The molecule has 0 aromatic heterocycles. The van der Waals surface area contributed by atoms with E-state index in [2.05, 4.69) is 6.08 Å². The molecule has 3 aliphatic carbocycles. The molecule has 3 fully saturated rings. The monoisotopic (exact) mass is 362 g/mol. The van der Waals surface area contributed by atoms with E-state index >= 15 is 0 Å². The summed E-state index contributed by atoms with van der Waals surface area (Å²) in [4.78, 5) is 23.3. The molecule has 2 unspecified atom stereocenters. The number of ether oxygens (including phenoxy) is 2. The molecule has 146 valence electrons. The quantitative estimate of drug-likeness (QED) is 0.370. The maximum Gasteiger partial charge on any atom is 0.312 e. The lowest BCUT2D eigenvalue weighted by atomic mass is 9.88. The third-order valence-electron chi connectivity index (χ3n) is 7.00. The van der Waals surface area contributed by atoms with Gasteiger partial charge in [-0.05, 0) is 95.5 Å². The van der Waals surface area contributed by atoms with E-state index in [1.807, 2.05) is 20.8 Å². The third-order valence-corrected chi connectivity index (χ3v) is 7.00. The zero-order valence-electron chi connectivity index (χ0n) is 16.6. The molecule has 4 heteroatoms. The van der Waals surface area contributed by atoms with Crippen LogP contribution in [-0.2, 0) is 19.1 Å². The summed E-state index contributed by atoms with van der Waals surface area (Å²) < 4.78 is 11.3. The highest BCUT2D eigenvalue weighted by molar-refractivity contribution is 5.76. The first-order chi connectivity index (χ1) is 12.4. The average molecular weight is 363 g/mol. The third kappa shape index (κ3) is 4.15. The summed E-state index contributed by atoms with van der Waals surface area (Å²) in [6.45, 7) is 7.10. The zero-order chi connectivity index (χ0) is 18.8. The standard InChI is InChI=1S/C22H34O4/c1-4-21(2,3)20(24)26-22(11-16-7-5-6-8-16)12-18-9-17(14-25-15-23)10-19(18)13-22/h11,15,17-19H,4-10,12-14H2,1-3H3. The van der Waals surface area contributed by atoms with Crippen molar-refractivity contribution in [3.63, 3.8) is 0 Å². The number of allylic oxidation sites excluding steroid dienone is 1. The predicted octanol–water partition coefficient (Wildman–Crippen LogP) is 4.81. The van der Waals surface area contributed by atoms with Gasteiger partial charge in [-0.25, -0.2) is 0 Å². The van der Waals surface area contributed by atoms with Gasteiger partial charge in [-0.1, -0.05) is 12.5 Å². The Morgan fingerprint density at radius 2 is 1.81 bits per heavy atom. The van der Waals surface area contributed by atoms with Crippen LogP contribution in [-0.4, -0.2) is 24.6 Å². The molecule has 26 heavy (non-hydrogen) atoms. The molecule has 0 amide bonds. The minimum absolute atomic E-state index is 0.0596. The second kappa shape index (κ2) is 7.74. The van der Waals surface area contributed by atoms with Crippen LogP contribution in [0.5, 0.6) is 0 Å². The lowest BCUT2D eigenvalue weighted by molar-refractivity contribution is -0.166. The van der Waals surface area contributed by atoms with E-state index in [0.29, 0.717) is 30.8 Å². The number of rotatable bonds is 7. The normalized spacial score (nSPS) is 33.8. The second-order valence-corrected chi connectivity index (χ2v) is 9.40. The Morgan fingerprint density at radius 3 is 2.35 bits per heavy atom. The molecule has 3 saturated carbocycles. The topological polar surface area (TPSA) is 52.6 Å². The molecular weight excluding hydrogens is 328 g/mol. The summed E-state index contributed by atoms with van der Waals surface area (Å²) in [5.41, 5.74) is 0.640. The van der Waals surface area contributed by atoms with Gasteiger partial charge in [0, 0.05) is 0 Å². The first kappa shape index (κ1) is 19.4. The molecular formula is C22H34O4. The summed E-state index contributed by atoms with van der Waals surface area (Å²) in [6.07, 6.45) is 12.0. The highest BCUT2D eigenvalue weighted by Crippen LogP contribution is 2.54. The molecule has 0 aliphatic heterocycles. The second-order valence-electron chi connectivity index (χ2n) is 9.40. The van der Waals surface area contributed by atoms with Gasteiger partial charge in [0.1, 0.15) is 5.60 Å². The highest BCUT2D eigenvalue weighted by atomic mass is 16.6. The SMILES string of the molecule is CCC(C)(C)C(=O)OC1(C=C2CCCC2)CC2CC(COC=O)CC2C1. The van der Waals surface area contributed by atoms with Gasteiger partial charge in [-0.15, -0.1) is 0 Å². The molecule has 2 atom stereocenters. The van der Waals surface area contributed by atoms with Crippen molar-refractivity contribution < 1.29 is 19.1 Å². The number of carbonyl (C=O) groups is 2. The Morgan fingerprint density at radius 1 is 1.19 bits per heavy atom. The predicted molar refractivity (Wildman–Crippen MR) is 100 cm³/mol. The number of fused-ring (bicyclic) bond motifs is 1. The molecule has 0 bridgehead atoms. The minimum atomic E-state index is -0.431. The van der Waals surface area contributed by atoms with Gasteiger partial charge in [-0.3, -0.25) is 9.59 Å². The summed E-state index contributed by atoms with van der Waals surface area (Å²) in [5.74, 6) is 1.56. The average Bonchev–Trinajstić information content (AvgIpc) is 3.29. The Hall–Kier alpha value is -1.32. The van der Waals surface area contributed by atoms with Crippen molar-refractivity contribution >= 4 is 12.4 Å². The van der Waals surface area contributed by atoms with Crippen LogP contribution in [0.2, 0.25) is 0 Å². The van der Waals surface area contributed by atoms with Crippen LogP contribution in [0.3, 0.4) is 0 Å². The molecule has 0 heterocycles. The van der Waals surface area contributed by atoms with Gasteiger partial charge < -0.3 is 9.47 Å². The molecule has 3 aliphatic rings. The fourth-order valence-corrected chi connectivity index (χ4v) is 5.16. The molecule has 0 N–H and O–H groups in total. The Balaban J connectivity index is 1.74. The molecule has 0 radical (unpaired) electrons. The summed E-state index contributed by atoms with van der Waals surface area (Å²) in [5, 5.41) is 0. The summed E-state index contributed by atoms with van der Waals surface area (Å²) in [6, 6.07) is 0. The van der Waals surface area contributed by atoms with Crippen LogP contribution in [0.1, 0.15) is 78.6 Å². The van der Waals surface area contributed by atoms with Crippen molar-refractivity contribution in [3.05, 3.63) is 11.6 Å². The van der Waals surface area contributed by atoms with Gasteiger partial charge in [0.05, 0.1) is 12.0 Å². The van der Waals surface area contributed by atoms with Gasteiger partial charge in [0.15, 0.2) is 0 Å². The number of hydrogen-bond acceptors (Lipinski definition) is 4. The Kier molecular flexibility index (Phi) is 5.78. The van der Waals surface area contributed by atoms with Crippen molar-refractivity contribution in [3.8, 4) is 0 Å². The number of carbonyl (C=O) groups excluding carboxylic acids is 2. The van der Waals surface area contributed by atoms with E-state index < -0.39 is 11.0 Å². The Bertz CT molecular complexity index is 540.